The molecule has 21 heavy (non-hydrogen) atoms. The van der Waals surface area contributed by atoms with Gasteiger partial charge in [0.1, 0.15) is 5.54 Å². The molecule has 120 valence electrons. The fourth-order valence-electron chi connectivity index (χ4n) is 4.97. The second-order valence-corrected chi connectivity index (χ2v) is 8.36. The monoisotopic (exact) mass is 310 g/mol. The zero-order chi connectivity index (χ0) is 14.9. The van der Waals surface area contributed by atoms with Gasteiger partial charge < -0.3 is 15.5 Å². The number of rotatable bonds is 4. The molecular formula is C17H32N3S+. The van der Waals surface area contributed by atoms with Crippen LogP contribution in [0.15, 0.2) is 0 Å². The molecule has 3 nitrogen and oxygen atoms in total. The Balaban J connectivity index is 1.48. The van der Waals surface area contributed by atoms with Gasteiger partial charge in [0.2, 0.25) is 0 Å². The minimum absolute atomic E-state index is 0.388. The van der Waals surface area contributed by atoms with E-state index in [0.717, 1.165) is 23.5 Å². The van der Waals surface area contributed by atoms with E-state index in [1.165, 1.54) is 57.8 Å². The fourth-order valence-corrected chi connectivity index (χ4v) is 5.20. The number of quaternary nitrogens is 1. The molecule has 0 aromatic rings. The zero-order valence-electron chi connectivity index (χ0n) is 13.7. The molecule has 0 radical (unpaired) electrons. The molecule has 2 bridgehead atoms. The Bertz CT molecular complexity index is 376. The van der Waals surface area contributed by atoms with Gasteiger partial charge in [0.05, 0.1) is 20.6 Å². The summed E-state index contributed by atoms with van der Waals surface area (Å²) in [6.07, 6.45) is 12.5. The molecule has 0 heterocycles. The van der Waals surface area contributed by atoms with E-state index in [-0.39, 0.29) is 0 Å². The van der Waals surface area contributed by atoms with Crippen molar-refractivity contribution in [1.82, 2.24) is 10.6 Å². The Morgan fingerprint density at radius 1 is 1.14 bits per heavy atom. The zero-order valence-corrected chi connectivity index (χ0v) is 14.5. The maximum Gasteiger partial charge on any atom is 0.166 e. The summed E-state index contributed by atoms with van der Waals surface area (Å²) in [6, 6.07) is 0.651. The van der Waals surface area contributed by atoms with Crippen molar-refractivity contribution in [2.45, 2.75) is 69.4 Å². The highest BCUT2D eigenvalue weighted by Crippen LogP contribution is 2.44. The highest BCUT2D eigenvalue weighted by molar-refractivity contribution is 7.80. The number of hydrogen-bond donors (Lipinski definition) is 3. The lowest BCUT2D eigenvalue weighted by molar-refractivity contribution is -0.916. The van der Waals surface area contributed by atoms with E-state index in [0.29, 0.717) is 11.6 Å². The lowest BCUT2D eigenvalue weighted by Crippen LogP contribution is -3.16. The van der Waals surface area contributed by atoms with Crippen molar-refractivity contribution in [3.63, 3.8) is 0 Å². The van der Waals surface area contributed by atoms with Crippen LogP contribution < -0.4 is 15.5 Å². The minimum Gasteiger partial charge on any atom is -0.360 e. The standard InChI is InChI=1S/C17H31N3S/c1-20(2)17(8-4-3-5-9-17)12-18-16(21)19-15-11-13-6-7-14(15)10-13/h13-15H,3-12H2,1-2H3,(H2,18,19,21)/p+1/t13-,14+,15+/m1/s1. The summed E-state index contributed by atoms with van der Waals surface area (Å²) in [7, 11) is 4.61. The second kappa shape index (κ2) is 6.41. The van der Waals surface area contributed by atoms with E-state index in [4.69, 9.17) is 12.2 Å². The van der Waals surface area contributed by atoms with Gasteiger partial charge in [-0.05, 0) is 56.2 Å². The number of nitrogens with one attached hydrogen (secondary N) is 3. The van der Waals surface area contributed by atoms with Gasteiger partial charge >= 0.3 is 0 Å². The maximum atomic E-state index is 5.58. The summed E-state index contributed by atoms with van der Waals surface area (Å²) in [6.45, 7) is 1.03. The normalized spacial score (nSPS) is 34.1. The molecule has 0 saturated heterocycles. The molecule has 3 rings (SSSR count). The molecule has 0 unspecified atom stereocenters. The summed E-state index contributed by atoms with van der Waals surface area (Å²) in [5.41, 5.74) is 0.388. The number of fused-ring (bicyclic) bond motifs is 2. The molecule has 3 atom stereocenters. The predicted molar refractivity (Wildman–Crippen MR) is 91.6 cm³/mol. The van der Waals surface area contributed by atoms with Crippen LogP contribution in [0.2, 0.25) is 0 Å². The van der Waals surface area contributed by atoms with Crippen molar-refractivity contribution in [2.24, 2.45) is 11.8 Å². The molecule has 3 aliphatic rings. The van der Waals surface area contributed by atoms with Gasteiger partial charge in [-0.1, -0.05) is 12.8 Å². The molecule has 0 amide bonds. The molecule has 4 heteroatoms. The highest BCUT2D eigenvalue weighted by Gasteiger charge is 2.41. The van der Waals surface area contributed by atoms with E-state index >= 15 is 0 Å². The fraction of sp³-hybridized carbons (Fsp3) is 0.941. The van der Waals surface area contributed by atoms with Crippen molar-refractivity contribution in [3.8, 4) is 0 Å². The third kappa shape index (κ3) is 3.37. The van der Waals surface area contributed by atoms with E-state index in [2.05, 4.69) is 24.7 Å². The molecule has 3 N–H and O–H groups in total. The number of thiocarbonyl (C=S) groups is 1. The number of hydrogen-bond acceptors (Lipinski definition) is 1. The summed E-state index contributed by atoms with van der Waals surface area (Å²) in [5.74, 6) is 1.86. The van der Waals surface area contributed by atoms with Crippen molar-refractivity contribution < 1.29 is 4.90 Å². The Hall–Kier alpha value is -0.350. The van der Waals surface area contributed by atoms with Crippen LogP contribution in [0.5, 0.6) is 0 Å². The first-order valence-corrected chi connectivity index (χ1v) is 9.35. The van der Waals surface area contributed by atoms with Crippen LogP contribution >= 0.6 is 12.2 Å². The Morgan fingerprint density at radius 2 is 1.90 bits per heavy atom. The van der Waals surface area contributed by atoms with Crippen LogP contribution in [0.3, 0.4) is 0 Å². The largest absolute Gasteiger partial charge is 0.360 e. The average molecular weight is 311 g/mol. The van der Waals surface area contributed by atoms with Gasteiger partial charge in [0, 0.05) is 18.9 Å². The lowest BCUT2D eigenvalue weighted by Gasteiger charge is -2.40. The molecule has 3 aliphatic carbocycles. The van der Waals surface area contributed by atoms with Gasteiger partial charge in [-0.25, -0.2) is 0 Å². The number of likely N-dealkylation sites (N-methyl/N-ethyl adjacent to an activating group) is 1. The molecule has 0 spiro atoms. The Labute approximate surface area is 135 Å². The average Bonchev–Trinajstić information content (AvgIpc) is 3.08. The summed E-state index contributed by atoms with van der Waals surface area (Å²) in [5, 5.41) is 8.08. The Morgan fingerprint density at radius 3 is 2.48 bits per heavy atom. The second-order valence-electron chi connectivity index (χ2n) is 7.95. The van der Waals surface area contributed by atoms with Gasteiger partial charge in [0.15, 0.2) is 5.11 Å². The third-order valence-corrected chi connectivity index (χ3v) is 6.78. The topological polar surface area (TPSA) is 28.5 Å². The molecule has 3 saturated carbocycles. The molecule has 0 aromatic heterocycles. The van der Waals surface area contributed by atoms with Gasteiger partial charge in [-0.15, -0.1) is 0 Å². The predicted octanol–water partition coefficient (Wildman–Crippen LogP) is 1.49. The van der Waals surface area contributed by atoms with E-state index in [1.807, 2.05) is 0 Å². The van der Waals surface area contributed by atoms with Crippen molar-refractivity contribution in [2.75, 3.05) is 20.6 Å². The molecule has 0 aliphatic heterocycles. The van der Waals surface area contributed by atoms with E-state index in [1.54, 1.807) is 4.90 Å². The first-order chi connectivity index (χ1) is 10.1. The Kier molecular flexibility index (Phi) is 4.75. The molecular weight excluding hydrogens is 278 g/mol. The van der Waals surface area contributed by atoms with Gasteiger partial charge in [-0.3, -0.25) is 0 Å². The van der Waals surface area contributed by atoms with Crippen LogP contribution in [0.1, 0.15) is 57.8 Å². The highest BCUT2D eigenvalue weighted by atomic mass is 32.1. The van der Waals surface area contributed by atoms with Gasteiger partial charge in [0.25, 0.3) is 0 Å². The van der Waals surface area contributed by atoms with Crippen LogP contribution in [0, 0.1) is 11.8 Å². The SMILES string of the molecule is C[NH+](C)C1(CNC(=S)N[C@H]2C[C@@H]3CC[C@H]2C3)CCCCC1. The van der Waals surface area contributed by atoms with E-state index < -0.39 is 0 Å². The smallest absolute Gasteiger partial charge is 0.166 e. The van der Waals surface area contributed by atoms with E-state index in [9.17, 15) is 0 Å². The quantitative estimate of drug-likeness (QED) is 0.687. The minimum atomic E-state index is 0.388. The van der Waals surface area contributed by atoms with Crippen molar-refractivity contribution in [1.29, 1.82) is 0 Å². The lowest BCUT2D eigenvalue weighted by atomic mass is 9.80. The molecule has 3 fully saturated rings. The third-order valence-electron chi connectivity index (χ3n) is 6.51. The van der Waals surface area contributed by atoms with Crippen LogP contribution in [0.25, 0.3) is 0 Å². The first kappa shape index (κ1) is 15.5. The summed E-state index contributed by atoms with van der Waals surface area (Å²) < 4.78 is 0. The first-order valence-electron chi connectivity index (χ1n) is 8.94. The summed E-state index contributed by atoms with van der Waals surface area (Å²) >= 11 is 5.58. The summed E-state index contributed by atoms with van der Waals surface area (Å²) in [4.78, 5) is 1.58. The molecule has 0 aromatic carbocycles. The van der Waals surface area contributed by atoms with Crippen LogP contribution in [-0.4, -0.2) is 37.3 Å². The van der Waals surface area contributed by atoms with Crippen molar-refractivity contribution in [3.05, 3.63) is 0 Å². The maximum absolute atomic E-state index is 5.58. The van der Waals surface area contributed by atoms with Crippen LogP contribution in [0.4, 0.5) is 0 Å². The van der Waals surface area contributed by atoms with Crippen molar-refractivity contribution >= 4 is 17.3 Å². The van der Waals surface area contributed by atoms with Gasteiger partial charge in [-0.2, -0.15) is 0 Å². The van der Waals surface area contributed by atoms with Crippen LogP contribution in [-0.2, 0) is 0 Å².